The lowest BCUT2D eigenvalue weighted by molar-refractivity contribution is 0.167. The number of aliphatic hydroxyl groups excluding tert-OH is 1. The number of nitrogens with zero attached hydrogens (tertiary/aromatic N) is 1. The van der Waals surface area contributed by atoms with Gasteiger partial charge in [-0.2, -0.15) is 0 Å². The first-order valence-corrected chi connectivity index (χ1v) is 5.59. The Morgan fingerprint density at radius 3 is 2.65 bits per heavy atom. The van der Waals surface area contributed by atoms with E-state index in [4.69, 9.17) is 0 Å². The van der Waals surface area contributed by atoms with E-state index in [0.717, 1.165) is 5.56 Å². The monoisotopic (exact) mass is 231 g/mol. The molecule has 0 aliphatic rings. The summed E-state index contributed by atoms with van der Waals surface area (Å²) in [5.41, 5.74) is 1.46. The van der Waals surface area contributed by atoms with Gasteiger partial charge in [0.15, 0.2) is 0 Å². The third kappa shape index (κ3) is 3.11. The topological polar surface area (TPSA) is 33.1 Å². The van der Waals surface area contributed by atoms with E-state index in [-0.39, 0.29) is 5.82 Å². The van der Waals surface area contributed by atoms with E-state index in [0.29, 0.717) is 18.4 Å². The minimum absolute atomic E-state index is 0.312. The number of pyridine rings is 1. The van der Waals surface area contributed by atoms with Crippen LogP contribution in [0.2, 0.25) is 0 Å². The highest BCUT2D eigenvalue weighted by Crippen LogP contribution is 2.19. The summed E-state index contributed by atoms with van der Waals surface area (Å²) in [5.74, 6) is -0.312. The van der Waals surface area contributed by atoms with Gasteiger partial charge in [-0.25, -0.2) is 4.39 Å². The van der Waals surface area contributed by atoms with Crippen LogP contribution in [-0.2, 0) is 6.42 Å². The molecule has 0 aliphatic carbocycles. The molecule has 0 aliphatic heterocycles. The Morgan fingerprint density at radius 2 is 1.94 bits per heavy atom. The van der Waals surface area contributed by atoms with E-state index >= 15 is 0 Å². The third-order valence-electron chi connectivity index (χ3n) is 2.73. The Morgan fingerprint density at radius 1 is 1.18 bits per heavy atom. The van der Waals surface area contributed by atoms with Crippen LogP contribution in [0.3, 0.4) is 0 Å². The van der Waals surface area contributed by atoms with Gasteiger partial charge in [0.2, 0.25) is 0 Å². The highest BCUT2D eigenvalue weighted by molar-refractivity contribution is 5.18. The Hall–Kier alpha value is -1.74. The maximum absolute atomic E-state index is 13.3. The van der Waals surface area contributed by atoms with Crippen molar-refractivity contribution >= 4 is 0 Å². The molecule has 2 aromatic rings. The van der Waals surface area contributed by atoms with Gasteiger partial charge in [0.05, 0.1) is 12.3 Å². The summed E-state index contributed by atoms with van der Waals surface area (Å²) >= 11 is 0. The molecule has 0 radical (unpaired) electrons. The van der Waals surface area contributed by atoms with Crippen molar-refractivity contribution < 1.29 is 9.50 Å². The molecule has 88 valence electrons. The zero-order valence-electron chi connectivity index (χ0n) is 9.38. The summed E-state index contributed by atoms with van der Waals surface area (Å²) < 4.78 is 13.3. The Labute approximate surface area is 99.8 Å². The molecule has 0 amide bonds. The SMILES string of the molecule is OC(CCc1ccncc1F)c1ccccc1. The van der Waals surface area contributed by atoms with Crippen molar-refractivity contribution in [3.8, 4) is 0 Å². The van der Waals surface area contributed by atoms with Crippen LogP contribution in [0.5, 0.6) is 0 Å². The minimum Gasteiger partial charge on any atom is -0.388 e. The van der Waals surface area contributed by atoms with E-state index in [1.807, 2.05) is 30.3 Å². The molecule has 1 unspecified atom stereocenters. The molecule has 2 rings (SSSR count). The van der Waals surface area contributed by atoms with Crippen molar-refractivity contribution in [1.82, 2.24) is 4.98 Å². The lowest BCUT2D eigenvalue weighted by Crippen LogP contribution is -2.00. The van der Waals surface area contributed by atoms with Crippen molar-refractivity contribution in [1.29, 1.82) is 0 Å². The Balaban J connectivity index is 1.97. The number of rotatable bonds is 4. The zero-order valence-corrected chi connectivity index (χ0v) is 9.38. The molecule has 17 heavy (non-hydrogen) atoms. The molecule has 1 aromatic carbocycles. The van der Waals surface area contributed by atoms with Crippen LogP contribution in [-0.4, -0.2) is 10.1 Å². The fraction of sp³-hybridized carbons (Fsp3) is 0.214. The van der Waals surface area contributed by atoms with Crippen molar-refractivity contribution in [3.63, 3.8) is 0 Å². The van der Waals surface area contributed by atoms with Gasteiger partial charge in [-0.05, 0) is 30.0 Å². The molecule has 1 aromatic heterocycles. The van der Waals surface area contributed by atoms with Crippen LogP contribution in [0.1, 0.15) is 23.7 Å². The minimum atomic E-state index is -0.552. The first kappa shape index (κ1) is 11.7. The molecular weight excluding hydrogens is 217 g/mol. The summed E-state index contributed by atoms with van der Waals surface area (Å²) in [6.45, 7) is 0. The normalized spacial score (nSPS) is 12.4. The summed E-state index contributed by atoms with van der Waals surface area (Å²) in [5, 5.41) is 9.93. The lowest BCUT2D eigenvalue weighted by Gasteiger charge is -2.10. The molecule has 0 bridgehead atoms. The second kappa shape index (κ2) is 5.55. The standard InChI is InChI=1S/C14H14FNO/c15-13-10-16-9-8-11(13)6-7-14(17)12-4-2-1-3-5-12/h1-5,8-10,14,17H,6-7H2. The first-order chi connectivity index (χ1) is 8.27. The zero-order chi connectivity index (χ0) is 12.1. The Bertz CT molecular complexity index is 473. The Kier molecular flexibility index (Phi) is 3.83. The third-order valence-corrected chi connectivity index (χ3v) is 2.73. The molecule has 2 nitrogen and oxygen atoms in total. The highest BCUT2D eigenvalue weighted by Gasteiger charge is 2.08. The van der Waals surface area contributed by atoms with E-state index in [9.17, 15) is 9.50 Å². The molecule has 3 heteroatoms. The molecule has 0 saturated heterocycles. The predicted octanol–water partition coefficient (Wildman–Crippen LogP) is 2.89. The second-order valence-electron chi connectivity index (χ2n) is 3.93. The predicted molar refractivity (Wildman–Crippen MR) is 63.9 cm³/mol. The van der Waals surface area contributed by atoms with Crippen LogP contribution in [0.25, 0.3) is 0 Å². The highest BCUT2D eigenvalue weighted by atomic mass is 19.1. The molecular formula is C14H14FNO. The summed E-state index contributed by atoms with van der Waals surface area (Å²) in [4.78, 5) is 3.69. The second-order valence-corrected chi connectivity index (χ2v) is 3.93. The number of hydrogen-bond acceptors (Lipinski definition) is 2. The van der Waals surface area contributed by atoms with E-state index in [1.54, 1.807) is 12.3 Å². The quantitative estimate of drug-likeness (QED) is 0.877. The van der Waals surface area contributed by atoms with E-state index in [1.165, 1.54) is 6.20 Å². The smallest absolute Gasteiger partial charge is 0.144 e. The molecule has 0 saturated carbocycles. The molecule has 0 fully saturated rings. The summed E-state index contributed by atoms with van der Waals surface area (Å²) in [6.07, 6.45) is 3.22. The van der Waals surface area contributed by atoms with Gasteiger partial charge in [0.1, 0.15) is 5.82 Å². The fourth-order valence-electron chi connectivity index (χ4n) is 1.74. The molecule has 1 atom stereocenters. The van der Waals surface area contributed by atoms with Gasteiger partial charge >= 0.3 is 0 Å². The largest absolute Gasteiger partial charge is 0.388 e. The number of aliphatic hydroxyl groups is 1. The van der Waals surface area contributed by atoms with Crippen LogP contribution in [0.4, 0.5) is 4.39 Å². The number of hydrogen-bond donors (Lipinski definition) is 1. The number of aryl methyl sites for hydroxylation is 1. The fourth-order valence-corrected chi connectivity index (χ4v) is 1.74. The summed E-state index contributed by atoms with van der Waals surface area (Å²) in [7, 11) is 0. The lowest BCUT2D eigenvalue weighted by atomic mass is 10.0. The van der Waals surface area contributed by atoms with Crippen LogP contribution in [0, 0.1) is 5.82 Å². The number of halogens is 1. The number of aromatic nitrogens is 1. The van der Waals surface area contributed by atoms with Gasteiger partial charge in [0, 0.05) is 6.20 Å². The van der Waals surface area contributed by atoms with Crippen LogP contribution >= 0.6 is 0 Å². The molecule has 1 heterocycles. The van der Waals surface area contributed by atoms with Gasteiger partial charge in [0.25, 0.3) is 0 Å². The van der Waals surface area contributed by atoms with Crippen molar-refractivity contribution in [3.05, 3.63) is 65.7 Å². The first-order valence-electron chi connectivity index (χ1n) is 5.59. The average Bonchev–Trinajstić information content (AvgIpc) is 2.38. The van der Waals surface area contributed by atoms with E-state index < -0.39 is 6.10 Å². The van der Waals surface area contributed by atoms with Gasteiger partial charge < -0.3 is 5.11 Å². The van der Waals surface area contributed by atoms with Gasteiger partial charge in [-0.15, -0.1) is 0 Å². The number of benzene rings is 1. The maximum atomic E-state index is 13.3. The van der Waals surface area contributed by atoms with Gasteiger partial charge in [-0.3, -0.25) is 4.98 Å². The van der Waals surface area contributed by atoms with Crippen molar-refractivity contribution in [2.24, 2.45) is 0 Å². The molecule has 1 N–H and O–H groups in total. The van der Waals surface area contributed by atoms with Gasteiger partial charge in [-0.1, -0.05) is 30.3 Å². The van der Waals surface area contributed by atoms with Crippen molar-refractivity contribution in [2.75, 3.05) is 0 Å². The average molecular weight is 231 g/mol. The van der Waals surface area contributed by atoms with Crippen LogP contribution < -0.4 is 0 Å². The van der Waals surface area contributed by atoms with Crippen LogP contribution in [0.15, 0.2) is 48.8 Å². The maximum Gasteiger partial charge on any atom is 0.144 e. The van der Waals surface area contributed by atoms with E-state index in [2.05, 4.69) is 4.98 Å². The molecule has 0 spiro atoms. The summed E-state index contributed by atoms with van der Waals surface area (Å²) in [6, 6.07) is 11.0. The van der Waals surface area contributed by atoms with Crippen molar-refractivity contribution in [2.45, 2.75) is 18.9 Å².